The zero-order valence-electron chi connectivity index (χ0n) is 17.5. The maximum Gasteiger partial charge on any atom is 0.227 e. The van der Waals surface area contributed by atoms with Crippen molar-refractivity contribution in [2.24, 2.45) is 23.7 Å². The minimum atomic E-state index is -0.216. The van der Waals surface area contributed by atoms with E-state index in [1.807, 2.05) is 13.1 Å². The van der Waals surface area contributed by atoms with Gasteiger partial charge in [-0.1, -0.05) is 6.92 Å². The predicted octanol–water partition coefficient (Wildman–Crippen LogP) is 4.54. The summed E-state index contributed by atoms with van der Waals surface area (Å²) < 4.78 is 13.8. The number of nitrogen functional groups attached to an aromatic ring is 1. The largest absolute Gasteiger partial charge is 0.368 e. The summed E-state index contributed by atoms with van der Waals surface area (Å²) in [4.78, 5) is 25.0. The van der Waals surface area contributed by atoms with Crippen molar-refractivity contribution in [3.05, 3.63) is 54.2 Å². The van der Waals surface area contributed by atoms with Crippen molar-refractivity contribution in [1.82, 2.24) is 15.0 Å². The summed E-state index contributed by atoms with van der Waals surface area (Å²) in [6, 6.07) is 6.89. The number of carbonyl (C=O) groups excluding carboxylic acids is 1. The maximum atomic E-state index is 13.8. The molecule has 160 valence electrons. The van der Waals surface area contributed by atoms with E-state index in [0.29, 0.717) is 29.4 Å². The van der Waals surface area contributed by atoms with Crippen LogP contribution in [0.25, 0.3) is 10.9 Å². The summed E-state index contributed by atoms with van der Waals surface area (Å²) in [7, 11) is 0. The van der Waals surface area contributed by atoms with Crippen LogP contribution in [-0.2, 0) is 4.79 Å². The highest BCUT2D eigenvalue weighted by Gasteiger charge is 2.44. The number of rotatable bonds is 4. The second kappa shape index (κ2) is 7.87. The quantitative estimate of drug-likeness (QED) is 0.647. The first-order valence-electron chi connectivity index (χ1n) is 10.9. The number of pyridine rings is 1. The number of aromatic nitrogens is 3. The third-order valence-electron chi connectivity index (χ3n) is 7.29. The fraction of sp³-hybridized carbons (Fsp3) is 0.417. The molecule has 0 aliphatic heterocycles. The van der Waals surface area contributed by atoms with E-state index < -0.39 is 0 Å². The van der Waals surface area contributed by atoms with Crippen LogP contribution in [0.1, 0.15) is 44.1 Å². The number of hydrogen-bond donors (Lipinski definition) is 2. The first-order chi connectivity index (χ1) is 15.0. The number of nitrogens with zero attached hydrogens (tertiary/aromatic N) is 3. The Kier molecular flexibility index (Phi) is 5.04. The second-order valence-corrected chi connectivity index (χ2v) is 9.09. The van der Waals surface area contributed by atoms with Gasteiger partial charge in [-0.2, -0.15) is 0 Å². The summed E-state index contributed by atoms with van der Waals surface area (Å²) in [6.45, 7) is 2.01. The van der Waals surface area contributed by atoms with Gasteiger partial charge in [0.1, 0.15) is 5.82 Å². The normalized spacial score (nSPS) is 26.0. The summed E-state index contributed by atoms with van der Waals surface area (Å²) in [5.74, 6) is 1.93. The number of halogens is 1. The molecule has 2 saturated carbocycles. The van der Waals surface area contributed by atoms with Crippen LogP contribution < -0.4 is 11.1 Å². The van der Waals surface area contributed by atoms with Gasteiger partial charge in [0.15, 0.2) is 0 Å². The lowest BCUT2D eigenvalue weighted by molar-refractivity contribution is -0.120. The molecule has 2 aliphatic carbocycles. The molecule has 0 bridgehead atoms. The standard InChI is InChI=1S/C24H26FN5O/c1-13(23(31)30-19-11-28-24(26)29-12-19)14-6-15-8-17(9-16(15)7-14)20-4-5-27-22-3-2-18(25)10-21(20)22/h2-5,10-17H,6-9H2,1H3,(H,30,31)(H2,26,28,29)/t13?,14?,15-,16?,17?/m0/s1. The molecule has 7 heteroatoms. The topological polar surface area (TPSA) is 93.8 Å². The van der Waals surface area contributed by atoms with E-state index in [1.165, 1.54) is 24.0 Å². The minimum absolute atomic E-state index is 0.00509. The molecule has 1 amide bonds. The van der Waals surface area contributed by atoms with Crippen LogP contribution in [0.5, 0.6) is 0 Å². The zero-order chi connectivity index (χ0) is 21.5. The van der Waals surface area contributed by atoms with Crippen molar-refractivity contribution in [3.8, 4) is 0 Å². The Morgan fingerprint density at radius 1 is 1.10 bits per heavy atom. The number of fused-ring (bicyclic) bond motifs is 2. The molecule has 3 N–H and O–H groups in total. The monoisotopic (exact) mass is 419 g/mol. The molecule has 6 nitrogen and oxygen atoms in total. The van der Waals surface area contributed by atoms with Gasteiger partial charge in [-0.15, -0.1) is 0 Å². The summed E-state index contributed by atoms with van der Waals surface area (Å²) in [6.07, 6.45) is 9.20. The average molecular weight is 420 g/mol. The van der Waals surface area contributed by atoms with Gasteiger partial charge in [0.2, 0.25) is 11.9 Å². The smallest absolute Gasteiger partial charge is 0.227 e. The van der Waals surface area contributed by atoms with Crippen molar-refractivity contribution < 1.29 is 9.18 Å². The van der Waals surface area contributed by atoms with Crippen molar-refractivity contribution in [3.63, 3.8) is 0 Å². The number of nitrogens with two attached hydrogens (primary N) is 1. The van der Waals surface area contributed by atoms with Gasteiger partial charge in [-0.25, -0.2) is 14.4 Å². The van der Waals surface area contributed by atoms with E-state index in [1.54, 1.807) is 12.1 Å². The number of benzene rings is 1. The Balaban J connectivity index is 1.24. The first-order valence-corrected chi connectivity index (χ1v) is 10.9. The Bertz CT molecular complexity index is 1100. The van der Waals surface area contributed by atoms with E-state index in [-0.39, 0.29) is 23.6 Å². The van der Waals surface area contributed by atoms with Crippen LogP contribution in [-0.4, -0.2) is 20.9 Å². The van der Waals surface area contributed by atoms with Gasteiger partial charge >= 0.3 is 0 Å². The highest BCUT2D eigenvalue weighted by Crippen LogP contribution is 2.54. The van der Waals surface area contributed by atoms with E-state index in [9.17, 15) is 9.18 Å². The molecule has 1 aromatic carbocycles. The van der Waals surface area contributed by atoms with Crippen molar-refractivity contribution in [2.45, 2.75) is 38.5 Å². The average Bonchev–Trinajstić information content (AvgIpc) is 3.33. The van der Waals surface area contributed by atoms with E-state index >= 15 is 0 Å². The molecular weight excluding hydrogens is 393 g/mol. The van der Waals surface area contributed by atoms with Crippen LogP contribution in [0, 0.1) is 29.5 Å². The Morgan fingerprint density at radius 2 is 1.81 bits per heavy atom. The van der Waals surface area contributed by atoms with Crippen LogP contribution >= 0.6 is 0 Å². The molecule has 4 unspecified atom stereocenters. The van der Waals surface area contributed by atoms with Gasteiger partial charge in [0.25, 0.3) is 0 Å². The number of carbonyl (C=O) groups is 1. The van der Waals surface area contributed by atoms with Crippen molar-refractivity contribution in [1.29, 1.82) is 0 Å². The van der Waals surface area contributed by atoms with Gasteiger partial charge < -0.3 is 11.1 Å². The van der Waals surface area contributed by atoms with Crippen LogP contribution in [0.3, 0.4) is 0 Å². The first kappa shape index (κ1) is 19.8. The Hall–Kier alpha value is -3.09. The summed E-state index contributed by atoms with van der Waals surface area (Å²) in [5.41, 5.74) is 8.14. The molecule has 2 fully saturated rings. The van der Waals surface area contributed by atoms with Gasteiger partial charge in [0.05, 0.1) is 23.6 Å². The predicted molar refractivity (Wildman–Crippen MR) is 118 cm³/mol. The number of hydrogen-bond acceptors (Lipinski definition) is 5. The minimum Gasteiger partial charge on any atom is -0.368 e. The van der Waals surface area contributed by atoms with Crippen LogP contribution in [0.2, 0.25) is 0 Å². The number of amides is 1. The number of anilines is 2. The molecule has 0 saturated heterocycles. The van der Waals surface area contributed by atoms with E-state index in [2.05, 4.69) is 26.3 Å². The Morgan fingerprint density at radius 3 is 2.52 bits per heavy atom. The van der Waals surface area contributed by atoms with Crippen LogP contribution in [0.4, 0.5) is 16.0 Å². The number of nitrogens with one attached hydrogen (secondary N) is 1. The third-order valence-corrected chi connectivity index (χ3v) is 7.29. The highest BCUT2D eigenvalue weighted by molar-refractivity contribution is 5.92. The Labute approximate surface area is 180 Å². The highest BCUT2D eigenvalue weighted by atomic mass is 19.1. The molecule has 3 aromatic rings. The molecule has 0 spiro atoms. The second-order valence-electron chi connectivity index (χ2n) is 9.09. The SMILES string of the molecule is CC(C(=O)Nc1cnc(N)nc1)C1CC2CC(c3ccnc4ccc(F)cc34)C[C@@H]2C1. The van der Waals surface area contributed by atoms with Gasteiger partial charge in [0, 0.05) is 17.5 Å². The molecular formula is C24H26FN5O. The van der Waals surface area contributed by atoms with Gasteiger partial charge in [-0.05, 0) is 79.2 Å². The lowest BCUT2D eigenvalue weighted by Gasteiger charge is -2.21. The molecule has 5 atom stereocenters. The molecule has 0 radical (unpaired) electrons. The fourth-order valence-corrected chi connectivity index (χ4v) is 5.69. The van der Waals surface area contributed by atoms with E-state index in [4.69, 9.17) is 5.73 Å². The third kappa shape index (κ3) is 3.84. The fourth-order valence-electron chi connectivity index (χ4n) is 5.69. The summed E-state index contributed by atoms with van der Waals surface area (Å²) in [5, 5.41) is 3.84. The van der Waals surface area contributed by atoms with Gasteiger partial charge in [-0.3, -0.25) is 9.78 Å². The molecule has 5 rings (SSSR count). The maximum absolute atomic E-state index is 13.8. The van der Waals surface area contributed by atoms with Crippen molar-refractivity contribution in [2.75, 3.05) is 11.1 Å². The van der Waals surface area contributed by atoms with E-state index in [0.717, 1.165) is 36.6 Å². The molecule has 31 heavy (non-hydrogen) atoms. The van der Waals surface area contributed by atoms with Crippen molar-refractivity contribution >= 4 is 28.4 Å². The lowest BCUT2D eigenvalue weighted by atomic mass is 9.86. The molecule has 2 aliphatic rings. The molecule has 2 aromatic heterocycles. The zero-order valence-corrected chi connectivity index (χ0v) is 17.5. The summed E-state index contributed by atoms with van der Waals surface area (Å²) >= 11 is 0. The molecule has 2 heterocycles. The lowest BCUT2D eigenvalue weighted by Crippen LogP contribution is -2.26. The van der Waals surface area contributed by atoms with Crippen LogP contribution in [0.15, 0.2) is 42.9 Å².